The molecule has 0 rings (SSSR count). The number of aliphatic hydroxyl groups excluding tert-OH is 1. The summed E-state index contributed by atoms with van der Waals surface area (Å²) in [6.07, 6.45) is 40.0. The smallest absolute Gasteiger partial charge is 0.305 e. The van der Waals surface area contributed by atoms with Crippen molar-refractivity contribution in [1.29, 1.82) is 0 Å². The molecule has 2 unspecified atom stereocenters. The van der Waals surface area contributed by atoms with E-state index in [1.807, 2.05) is 21.1 Å². The van der Waals surface area contributed by atoms with Crippen LogP contribution in [0, 0.1) is 0 Å². The van der Waals surface area contributed by atoms with E-state index in [0.29, 0.717) is 17.4 Å². The number of carbonyl (C=O) groups excluding carboxylic acids is 1. The molecule has 0 aliphatic heterocycles. The molecule has 0 bridgehead atoms. The number of nitrogens with zero attached hydrogens (tertiary/aromatic N) is 1. The third-order valence-corrected chi connectivity index (χ3v) is 10.6. The largest absolute Gasteiger partial charge is 0.756 e. The zero-order valence-electron chi connectivity index (χ0n) is 33.6. The van der Waals surface area contributed by atoms with E-state index in [1.54, 1.807) is 0 Å². The summed E-state index contributed by atoms with van der Waals surface area (Å²) in [7, 11) is 1.26. The van der Waals surface area contributed by atoms with Gasteiger partial charge in [-0.05, 0) is 6.42 Å². The summed E-state index contributed by atoms with van der Waals surface area (Å²) >= 11 is 0. The van der Waals surface area contributed by atoms with Gasteiger partial charge in [-0.15, -0.1) is 0 Å². The summed E-state index contributed by atoms with van der Waals surface area (Å²) in [5, 5.41) is 9.88. The Morgan fingerprint density at radius 1 is 0.560 bits per heavy atom. The van der Waals surface area contributed by atoms with Crippen molar-refractivity contribution in [3.63, 3.8) is 0 Å². The highest BCUT2D eigenvalue weighted by molar-refractivity contribution is 7.45. The van der Waals surface area contributed by atoms with Gasteiger partial charge in [-0.3, -0.25) is 9.36 Å². The van der Waals surface area contributed by atoms with Crippen LogP contribution < -0.4 is 4.89 Å². The molecule has 8 nitrogen and oxygen atoms in total. The van der Waals surface area contributed by atoms with Crippen LogP contribution in [0.2, 0.25) is 0 Å². The summed E-state index contributed by atoms with van der Waals surface area (Å²) in [6, 6.07) is 0. The fraction of sp³-hybridized carbons (Fsp3) is 0.976. The number of rotatable bonds is 40. The maximum atomic E-state index is 11.9. The van der Waals surface area contributed by atoms with Gasteiger partial charge in [0.15, 0.2) is 0 Å². The first-order valence-corrected chi connectivity index (χ1v) is 22.8. The average molecular weight is 734 g/mol. The molecule has 0 aromatic heterocycles. The number of phosphoric ester groups is 1. The van der Waals surface area contributed by atoms with Crippen LogP contribution in [0.15, 0.2) is 0 Å². The molecule has 1 N–H and O–H groups in total. The van der Waals surface area contributed by atoms with Crippen molar-refractivity contribution < 1.29 is 37.6 Å². The highest BCUT2D eigenvalue weighted by Crippen LogP contribution is 2.38. The van der Waals surface area contributed by atoms with Crippen molar-refractivity contribution in [2.45, 2.75) is 212 Å². The molecule has 0 spiro atoms. The predicted molar refractivity (Wildman–Crippen MR) is 208 cm³/mol. The van der Waals surface area contributed by atoms with E-state index in [4.69, 9.17) is 13.8 Å². The van der Waals surface area contributed by atoms with Gasteiger partial charge in [0.1, 0.15) is 25.9 Å². The van der Waals surface area contributed by atoms with Crippen LogP contribution in [0.4, 0.5) is 0 Å². The molecule has 0 amide bonds. The van der Waals surface area contributed by atoms with Crippen molar-refractivity contribution in [3.8, 4) is 0 Å². The normalized spacial score (nSPS) is 13.8. The van der Waals surface area contributed by atoms with E-state index in [9.17, 15) is 19.4 Å². The number of esters is 1. The number of unbranched alkanes of at least 4 members (excludes halogenated alkanes) is 29. The molecular formula is C41H84NO7P. The fourth-order valence-electron chi connectivity index (χ4n) is 6.24. The Morgan fingerprint density at radius 2 is 0.880 bits per heavy atom. The van der Waals surface area contributed by atoms with Crippen LogP contribution >= 0.6 is 7.82 Å². The molecule has 0 fully saturated rings. The van der Waals surface area contributed by atoms with E-state index in [2.05, 4.69) is 6.92 Å². The summed E-state index contributed by atoms with van der Waals surface area (Å²) in [5.74, 6) is -0.381. The molecule has 0 aliphatic carbocycles. The van der Waals surface area contributed by atoms with E-state index in [0.717, 1.165) is 19.3 Å². The number of phosphoric acid groups is 1. The molecule has 0 heterocycles. The zero-order chi connectivity index (χ0) is 37.0. The molecule has 0 radical (unpaired) electrons. The minimum atomic E-state index is -4.50. The first-order chi connectivity index (χ1) is 24.1. The zero-order valence-corrected chi connectivity index (χ0v) is 34.5. The third kappa shape index (κ3) is 40.3. The van der Waals surface area contributed by atoms with Gasteiger partial charge in [0.25, 0.3) is 7.82 Å². The lowest BCUT2D eigenvalue weighted by Gasteiger charge is -2.27. The van der Waals surface area contributed by atoms with Crippen LogP contribution in [0.1, 0.15) is 206 Å². The van der Waals surface area contributed by atoms with Gasteiger partial charge in [0.05, 0.1) is 27.7 Å². The van der Waals surface area contributed by atoms with Gasteiger partial charge in [-0.2, -0.15) is 0 Å². The molecule has 300 valence electrons. The summed E-state index contributed by atoms with van der Waals surface area (Å²) in [6.45, 7) is 1.99. The van der Waals surface area contributed by atoms with Crippen molar-refractivity contribution in [3.05, 3.63) is 0 Å². The number of carbonyl (C=O) groups is 1. The van der Waals surface area contributed by atoms with Gasteiger partial charge in [0, 0.05) is 6.42 Å². The Labute approximate surface area is 310 Å². The Hall–Kier alpha value is -0.500. The van der Waals surface area contributed by atoms with Crippen LogP contribution in [0.5, 0.6) is 0 Å². The lowest BCUT2D eigenvalue weighted by molar-refractivity contribution is -0.870. The molecule has 0 saturated heterocycles. The number of aliphatic hydroxyl groups is 1. The minimum Gasteiger partial charge on any atom is -0.756 e. The Balaban J connectivity index is 3.31. The van der Waals surface area contributed by atoms with Crippen molar-refractivity contribution in [2.24, 2.45) is 0 Å². The Bertz CT molecular complexity index is 777. The standard InChI is InChI=1S/C41H84NO7P/c1-5-6-7-8-9-10-11-12-13-14-15-16-17-18-19-20-21-22-23-24-25-26-27-28-29-30-31-32-33-34-35-41(44)47-38-40(43)39-49-50(45,46)48-37-36-42(2,3)4/h40,43H,5-39H2,1-4H3. The number of hydrogen-bond donors (Lipinski definition) is 1. The summed E-state index contributed by atoms with van der Waals surface area (Å²) in [4.78, 5) is 23.7. The van der Waals surface area contributed by atoms with Crippen LogP contribution in [0.25, 0.3) is 0 Å². The van der Waals surface area contributed by atoms with Gasteiger partial charge >= 0.3 is 5.97 Å². The van der Waals surface area contributed by atoms with E-state index in [-0.39, 0.29) is 19.2 Å². The molecule has 9 heteroatoms. The monoisotopic (exact) mass is 734 g/mol. The number of ether oxygens (including phenoxy) is 1. The molecule has 0 saturated carbocycles. The minimum absolute atomic E-state index is 0.00490. The molecule has 2 atom stereocenters. The molecule has 0 aromatic carbocycles. The fourth-order valence-corrected chi connectivity index (χ4v) is 6.98. The topological polar surface area (TPSA) is 105 Å². The maximum absolute atomic E-state index is 11.9. The summed E-state index contributed by atoms with van der Waals surface area (Å²) in [5.41, 5.74) is 0. The third-order valence-electron chi connectivity index (χ3n) is 9.61. The van der Waals surface area contributed by atoms with Crippen molar-refractivity contribution >= 4 is 13.8 Å². The number of hydrogen-bond acceptors (Lipinski definition) is 7. The quantitative estimate of drug-likeness (QED) is 0.0289. The molecule has 50 heavy (non-hydrogen) atoms. The number of likely N-dealkylation sites (N-methyl/N-ethyl adjacent to an activating group) is 1. The highest BCUT2D eigenvalue weighted by Gasteiger charge is 2.17. The van der Waals surface area contributed by atoms with Crippen LogP contribution in [-0.4, -0.2) is 69.2 Å². The van der Waals surface area contributed by atoms with E-state index in [1.165, 1.54) is 173 Å². The average Bonchev–Trinajstić information content (AvgIpc) is 3.06. The SMILES string of the molecule is CCCCCCCCCCCCCCCCCCCCCCCCCCCCCCCCC(=O)OCC(O)COP(=O)([O-])OCC[N+](C)(C)C. The second-order valence-corrected chi connectivity index (χ2v) is 17.3. The van der Waals surface area contributed by atoms with E-state index >= 15 is 0 Å². The first-order valence-electron chi connectivity index (χ1n) is 21.3. The molecule has 0 aromatic rings. The van der Waals surface area contributed by atoms with Crippen LogP contribution in [0.3, 0.4) is 0 Å². The molecular weight excluding hydrogens is 649 g/mol. The Kier molecular flexibility index (Phi) is 35.2. The van der Waals surface area contributed by atoms with Crippen LogP contribution in [-0.2, 0) is 23.1 Å². The predicted octanol–water partition coefficient (Wildman–Crippen LogP) is 11.2. The second kappa shape index (κ2) is 35.5. The van der Waals surface area contributed by atoms with E-state index < -0.39 is 20.5 Å². The van der Waals surface area contributed by atoms with Gasteiger partial charge < -0.3 is 28.3 Å². The van der Waals surface area contributed by atoms with Crippen molar-refractivity contribution in [2.75, 3.05) is 47.5 Å². The second-order valence-electron chi connectivity index (χ2n) is 15.9. The molecule has 0 aliphatic rings. The summed E-state index contributed by atoms with van der Waals surface area (Å²) < 4.78 is 26.9. The lowest BCUT2D eigenvalue weighted by atomic mass is 10.0. The van der Waals surface area contributed by atoms with Gasteiger partial charge in [-0.1, -0.05) is 193 Å². The first kappa shape index (κ1) is 49.5. The lowest BCUT2D eigenvalue weighted by Crippen LogP contribution is -2.37. The highest BCUT2D eigenvalue weighted by atomic mass is 31.2. The van der Waals surface area contributed by atoms with Crippen molar-refractivity contribution in [1.82, 2.24) is 0 Å². The van der Waals surface area contributed by atoms with Gasteiger partial charge in [0.2, 0.25) is 0 Å². The Morgan fingerprint density at radius 3 is 1.20 bits per heavy atom. The van der Waals surface area contributed by atoms with Gasteiger partial charge in [-0.25, -0.2) is 0 Å². The number of quaternary nitrogens is 1. The maximum Gasteiger partial charge on any atom is 0.305 e.